The van der Waals surface area contributed by atoms with Crippen LogP contribution in [0.25, 0.3) is 0 Å². The molecule has 0 saturated heterocycles. The number of ether oxygens (including phenoxy) is 1. The number of aliphatic carboxylic acids is 1. The number of carbonyl (C=O) groups excluding carboxylic acids is 1. The molecular formula is C16H21NO4. The monoisotopic (exact) mass is 291 g/mol. The van der Waals surface area contributed by atoms with Crippen LogP contribution in [0.5, 0.6) is 0 Å². The van der Waals surface area contributed by atoms with Gasteiger partial charge in [0.05, 0.1) is 6.61 Å². The van der Waals surface area contributed by atoms with Crippen LogP contribution in [0.4, 0.5) is 0 Å². The zero-order valence-corrected chi connectivity index (χ0v) is 12.2. The lowest BCUT2D eigenvalue weighted by Gasteiger charge is -2.13. The van der Waals surface area contributed by atoms with E-state index in [0.717, 1.165) is 17.5 Å². The van der Waals surface area contributed by atoms with Gasteiger partial charge in [0.1, 0.15) is 5.41 Å². The zero-order valence-electron chi connectivity index (χ0n) is 12.2. The van der Waals surface area contributed by atoms with E-state index in [1.807, 2.05) is 31.2 Å². The van der Waals surface area contributed by atoms with Crippen molar-refractivity contribution in [1.82, 2.24) is 5.32 Å². The highest BCUT2D eigenvalue weighted by Gasteiger charge is 2.56. The lowest BCUT2D eigenvalue weighted by atomic mass is 10.1. The number of carboxylic acids is 1. The quantitative estimate of drug-likeness (QED) is 0.568. The predicted molar refractivity (Wildman–Crippen MR) is 77.5 cm³/mol. The molecule has 1 amide bonds. The summed E-state index contributed by atoms with van der Waals surface area (Å²) in [4.78, 5) is 23.1. The number of hydrogen-bond donors (Lipinski definition) is 2. The lowest BCUT2D eigenvalue weighted by molar-refractivity contribution is -0.149. The Morgan fingerprint density at radius 1 is 1.29 bits per heavy atom. The Bertz CT molecular complexity index is 523. The van der Waals surface area contributed by atoms with Gasteiger partial charge in [0.15, 0.2) is 0 Å². The van der Waals surface area contributed by atoms with E-state index in [9.17, 15) is 9.59 Å². The Morgan fingerprint density at radius 2 is 1.95 bits per heavy atom. The summed E-state index contributed by atoms with van der Waals surface area (Å²) in [5.74, 6) is -1.42. The fourth-order valence-electron chi connectivity index (χ4n) is 2.20. The van der Waals surface area contributed by atoms with E-state index < -0.39 is 11.4 Å². The van der Waals surface area contributed by atoms with Crippen LogP contribution in [0.3, 0.4) is 0 Å². The Balaban J connectivity index is 1.94. The van der Waals surface area contributed by atoms with Crippen molar-refractivity contribution in [3.63, 3.8) is 0 Å². The van der Waals surface area contributed by atoms with Crippen molar-refractivity contribution < 1.29 is 19.4 Å². The van der Waals surface area contributed by atoms with Gasteiger partial charge in [-0.25, -0.2) is 0 Å². The minimum absolute atomic E-state index is 0.333. The highest BCUT2D eigenvalue weighted by Crippen LogP contribution is 2.46. The first-order chi connectivity index (χ1) is 10.1. The van der Waals surface area contributed by atoms with Crippen LogP contribution in [0.1, 0.15) is 37.3 Å². The molecule has 0 spiro atoms. The highest BCUT2D eigenvalue weighted by atomic mass is 16.5. The smallest absolute Gasteiger partial charge is 0.319 e. The first-order valence-corrected chi connectivity index (χ1v) is 7.26. The van der Waals surface area contributed by atoms with E-state index in [2.05, 4.69) is 5.32 Å². The summed E-state index contributed by atoms with van der Waals surface area (Å²) >= 11 is 0. The standard InChI is InChI=1S/C16H21NO4/c1-2-9-21-11-13-6-4-3-5-12(13)10-17-14(18)16(7-8-16)15(19)20/h3-6H,2,7-11H2,1H3,(H,17,18)(H,19,20). The lowest BCUT2D eigenvalue weighted by Crippen LogP contribution is -2.36. The van der Waals surface area contributed by atoms with Crippen molar-refractivity contribution in [1.29, 1.82) is 0 Å². The molecule has 0 radical (unpaired) electrons. The van der Waals surface area contributed by atoms with Crippen molar-refractivity contribution in [3.8, 4) is 0 Å². The van der Waals surface area contributed by atoms with Crippen molar-refractivity contribution >= 4 is 11.9 Å². The third kappa shape index (κ3) is 3.61. The first kappa shape index (κ1) is 15.5. The number of carbonyl (C=O) groups is 2. The van der Waals surface area contributed by atoms with Crippen LogP contribution < -0.4 is 5.32 Å². The molecule has 2 rings (SSSR count). The molecular weight excluding hydrogens is 270 g/mol. The molecule has 0 aliphatic heterocycles. The summed E-state index contributed by atoms with van der Waals surface area (Å²) in [5.41, 5.74) is 0.794. The third-order valence-electron chi connectivity index (χ3n) is 3.76. The van der Waals surface area contributed by atoms with Gasteiger partial charge in [-0.15, -0.1) is 0 Å². The number of benzene rings is 1. The second kappa shape index (κ2) is 6.72. The summed E-state index contributed by atoms with van der Waals surface area (Å²) in [6, 6.07) is 7.71. The van der Waals surface area contributed by atoms with Crippen molar-refractivity contribution in [3.05, 3.63) is 35.4 Å². The summed E-state index contributed by atoms with van der Waals surface area (Å²) < 4.78 is 5.53. The van der Waals surface area contributed by atoms with Crippen molar-refractivity contribution in [2.24, 2.45) is 5.41 Å². The normalized spacial score (nSPS) is 15.5. The second-order valence-corrected chi connectivity index (χ2v) is 5.39. The van der Waals surface area contributed by atoms with Crippen LogP contribution in [0.15, 0.2) is 24.3 Å². The molecule has 114 valence electrons. The molecule has 1 aliphatic rings. The topological polar surface area (TPSA) is 75.6 Å². The SMILES string of the molecule is CCCOCc1ccccc1CNC(=O)C1(C(=O)O)CC1. The molecule has 1 fully saturated rings. The fraction of sp³-hybridized carbons (Fsp3) is 0.500. The molecule has 5 heteroatoms. The molecule has 1 saturated carbocycles. The largest absolute Gasteiger partial charge is 0.480 e. The van der Waals surface area contributed by atoms with Gasteiger partial charge in [0.2, 0.25) is 5.91 Å². The summed E-state index contributed by atoms with van der Waals surface area (Å²) in [6.45, 7) is 3.58. The first-order valence-electron chi connectivity index (χ1n) is 7.26. The average molecular weight is 291 g/mol. The summed E-state index contributed by atoms with van der Waals surface area (Å²) in [5, 5.41) is 11.8. The van der Waals surface area contributed by atoms with Crippen molar-refractivity contribution in [2.45, 2.75) is 39.3 Å². The van der Waals surface area contributed by atoms with Crippen molar-refractivity contribution in [2.75, 3.05) is 6.61 Å². The molecule has 5 nitrogen and oxygen atoms in total. The molecule has 2 N–H and O–H groups in total. The molecule has 0 bridgehead atoms. The number of carboxylic acid groups (broad SMARTS) is 1. The fourth-order valence-corrected chi connectivity index (χ4v) is 2.20. The Morgan fingerprint density at radius 3 is 2.52 bits per heavy atom. The maximum Gasteiger partial charge on any atom is 0.319 e. The number of amides is 1. The van der Waals surface area contributed by atoms with E-state index in [0.29, 0.717) is 32.6 Å². The van der Waals surface area contributed by atoms with Gasteiger partial charge in [-0.1, -0.05) is 31.2 Å². The van der Waals surface area contributed by atoms with Gasteiger partial charge in [-0.05, 0) is 30.4 Å². The van der Waals surface area contributed by atoms with E-state index in [4.69, 9.17) is 9.84 Å². The molecule has 21 heavy (non-hydrogen) atoms. The van der Waals surface area contributed by atoms with E-state index in [1.165, 1.54) is 0 Å². The maximum atomic E-state index is 12.0. The summed E-state index contributed by atoms with van der Waals surface area (Å²) in [7, 11) is 0. The Labute approximate surface area is 124 Å². The Hall–Kier alpha value is -1.88. The summed E-state index contributed by atoms with van der Waals surface area (Å²) in [6.07, 6.45) is 1.81. The van der Waals surface area contributed by atoms with Crippen LogP contribution in [0.2, 0.25) is 0 Å². The van der Waals surface area contributed by atoms with Crippen LogP contribution in [0, 0.1) is 5.41 Å². The molecule has 1 aromatic carbocycles. The van der Waals surface area contributed by atoms with E-state index in [-0.39, 0.29) is 5.91 Å². The maximum absolute atomic E-state index is 12.0. The molecule has 0 heterocycles. The third-order valence-corrected chi connectivity index (χ3v) is 3.76. The Kier molecular flexibility index (Phi) is 4.96. The van der Waals surface area contributed by atoms with E-state index in [1.54, 1.807) is 0 Å². The van der Waals surface area contributed by atoms with Gasteiger partial charge in [0, 0.05) is 13.2 Å². The highest BCUT2D eigenvalue weighted by molar-refractivity contribution is 6.04. The number of hydrogen-bond acceptors (Lipinski definition) is 3. The van der Waals surface area contributed by atoms with Gasteiger partial charge >= 0.3 is 5.97 Å². The van der Waals surface area contributed by atoms with Gasteiger partial charge in [-0.3, -0.25) is 9.59 Å². The van der Waals surface area contributed by atoms with Gasteiger partial charge in [0.25, 0.3) is 0 Å². The molecule has 1 aromatic rings. The number of rotatable bonds is 8. The molecule has 0 aromatic heterocycles. The van der Waals surface area contributed by atoms with Crippen LogP contribution in [-0.4, -0.2) is 23.6 Å². The average Bonchev–Trinajstić information content (AvgIpc) is 3.28. The molecule has 0 unspecified atom stereocenters. The number of nitrogens with one attached hydrogen (secondary N) is 1. The zero-order chi connectivity index (χ0) is 15.3. The van der Waals surface area contributed by atoms with Crippen LogP contribution >= 0.6 is 0 Å². The molecule has 1 aliphatic carbocycles. The minimum atomic E-state index is -1.19. The van der Waals surface area contributed by atoms with Crippen LogP contribution in [-0.2, 0) is 27.5 Å². The predicted octanol–water partition coefficient (Wildman–Crippen LogP) is 2.09. The van der Waals surface area contributed by atoms with E-state index >= 15 is 0 Å². The van der Waals surface area contributed by atoms with Gasteiger partial charge in [-0.2, -0.15) is 0 Å². The molecule has 0 atom stereocenters. The van der Waals surface area contributed by atoms with Gasteiger partial charge < -0.3 is 15.2 Å². The minimum Gasteiger partial charge on any atom is -0.480 e. The second-order valence-electron chi connectivity index (χ2n) is 5.39.